The number of hydrogen-bond donors (Lipinski definition) is 1. The number of fused-ring (bicyclic) bond motifs is 3. The molecule has 0 saturated carbocycles. The van der Waals surface area contributed by atoms with Crippen molar-refractivity contribution in [3.05, 3.63) is 46.6 Å². The standard InChI is InChI=1S/C19H19N3O2S/c1-11-7-8-13-15(9-11)25-18-16(13)17(20-10-21-18)22-14-6-4-3-5-12(14)19(23)24-2/h3-6,10-11H,7-9H2,1-2H3,(H,20,21,22). The monoisotopic (exact) mass is 353 g/mol. The van der Waals surface area contributed by atoms with Crippen molar-refractivity contribution in [2.24, 2.45) is 5.92 Å². The number of aromatic nitrogens is 2. The van der Waals surface area contributed by atoms with Gasteiger partial charge in [0.05, 0.1) is 23.7 Å². The van der Waals surface area contributed by atoms with E-state index in [4.69, 9.17) is 4.74 Å². The number of nitrogens with zero attached hydrogens (tertiary/aromatic N) is 2. The lowest BCUT2D eigenvalue weighted by atomic mass is 9.89. The lowest BCUT2D eigenvalue weighted by Crippen LogP contribution is -2.09. The Morgan fingerprint density at radius 2 is 2.16 bits per heavy atom. The van der Waals surface area contributed by atoms with E-state index < -0.39 is 0 Å². The Kier molecular flexibility index (Phi) is 4.13. The van der Waals surface area contributed by atoms with Gasteiger partial charge in [-0.2, -0.15) is 0 Å². The molecule has 0 radical (unpaired) electrons. The molecule has 1 aromatic carbocycles. The second-order valence-corrected chi connectivity index (χ2v) is 7.50. The van der Waals surface area contributed by atoms with Crippen LogP contribution in [0.2, 0.25) is 0 Å². The molecule has 2 heterocycles. The zero-order valence-electron chi connectivity index (χ0n) is 14.2. The average Bonchev–Trinajstić information content (AvgIpc) is 3.00. The van der Waals surface area contributed by atoms with Gasteiger partial charge in [0.15, 0.2) is 0 Å². The first-order chi connectivity index (χ1) is 12.2. The maximum absolute atomic E-state index is 12.0. The molecule has 0 saturated heterocycles. The molecule has 0 fully saturated rings. The fourth-order valence-electron chi connectivity index (χ4n) is 3.38. The molecular weight excluding hydrogens is 334 g/mol. The highest BCUT2D eigenvalue weighted by Gasteiger charge is 2.23. The van der Waals surface area contributed by atoms with Gasteiger partial charge in [-0.15, -0.1) is 11.3 Å². The molecule has 0 aliphatic heterocycles. The summed E-state index contributed by atoms with van der Waals surface area (Å²) in [7, 11) is 1.39. The van der Waals surface area contributed by atoms with E-state index in [1.807, 2.05) is 18.2 Å². The highest BCUT2D eigenvalue weighted by Crippen LogP contribution is 2.40. The second kappa shape index (κ2) is 6.44. The average molecular weight is 353 g/mol. The zero-order chi connectivity index (χ0) is 17.4. The first-order valence-electron chi connectivity index (χ1n) is 8.37. The third kappa shape index (κ3) is 2.87. The molecule has 5 nitrogen and oxygen atoms in total. The summed E-state index contributed by atoms with van der Waals surface area (Å²) in [5.74, 6) is 1.10. The van der Waals surface area contributed by atoms with Gasteiger partial charge >= 0.3 is 5.97 Å². The number of aryl methyl sites for hydroxylation is 1. The van der Waals surface area contributed by atoms with E-state index in [0.717, 1.165) is 28.9 Å². The first kappa shape index (κ1) is 16.0. The molecule has 1 aliphatic rings. The molecule has 25 heavy (non-hydrogen) atoms. The third-order valence-corrected chi connectivity index (χ3v) is 5.84. The number of rotatable bonds is 3. The summed E-state index contributed by atoms with van der Waals surface area (Å²) >= 11 is 1.76. The van der Waals surface area contributed by atoms with E-state index >= 15 is 0 Å². The maximum Gasteiger partial charge on any atom is 0.339 e. The topological polar surface area (TPSA) is 64.1 Å². The van der Waals surface area contributed by atoms with E-state index in [1.54, 1.807) is 23.7 Å². The quantitative estimate of drug-likeness (QED) is 0.709. The van der Waals surface area contributed by atoms with Gasteiger partial charge in [0.2, 0.25) is 0 Å². The minimum atomic E-state index is -0.366. The van der Waals surface area contributed by atoms with E-state index in [0.29, 0.717) is 17.2 Å². The fraction of sp³-hybridized carbons (Fsp3) is 0.316. The van der Waals surface area contributed by atoms with Crippen LogP contribution in [0.1, 0.15) is 34.1 Å². The van der Waals surface area contributed by atoms with Crippen LogP contribution in [-0.4, -0.2) is 23.0 Å². The van der Waals surface area contributed by atoms with Gasteiger partial charge in [0, 0.05) is 4.88 Å². The summed E-state index contributed by atoms with van der Waals surface area (Å²) in [4.78, 5) is 23.4. The number of methoxy groups -OCH3 is 1. The lowest BCUT2D eigenvalue weighted by Gasteiger charge is -2.18. The van der Waals surface area contributed by atoms with Crippen molar-refractivity contribution >= 4 is 39.0 Å². The van der Waals surface area contributed by atoms with E-state index in [-0.39, 0.29) is 5.97 Å². The molecule has 1 aliphatic carbocycles. The molecule has 0 bridgehead atoms. The normalized spacial score (nSPS) is 16.5. The Morgan fingerprint density at radius 1 is 1.32 bits per heavy atom. The van der Waals surface area contributed by atoms with Crippen molar-refractivity contribution in [3.63, 3.8) is 0 Å². The Bertz CT molecular complexity index is 951. The summed E-state index contributed by atoms with van der Waals surface area (Å²) in [5.41, 5.74) is 2.55. The van der Waals surface area contributed by atoms with Crippen LogP contribution in [0.5, 0.6) is 0 Å². The number of carbonyl (C=O) groups is 1. The zero-order valence-corrected chi connectivity index (χ0v) is 15.0. The van der Waals surface area contributed by atoms with Crippen molar-refractivity contribution < 1.29 is 9.53 Å². The maximum atomic E-state index is 12.0. The number of carbonyl (C=O) groups excluding carboxylic acids is 1. The van der Waals surface area contributed by atoms with E-state index in [1.165, 1.54) is 24.0 Å². The van der Waals surface area contributed by atoms with Gasteiger partial charge in [-0.3, -0.25) is 0 Å². The van der Waals surface area contributed by atoms with Crippen LogP contribution in [0.3, 0.4) is 0 Å². The van der Waals surface area contributed by atoms with Crippen LogP contribution in [0.15, 0.2) is 30.6 Å². The van der Waals surface area contributed by atoms with Gasteiger partial charge in [0.1, 0.15) is 17.0 Å². The summed E-state index contributed by atoms with van der Waals surface area (Å²) in [5, 5.41) is 4.42. The SMILES string of the molecule is COC(=O)c1ccccc1Nc1ncnc2sc3c(c12)CCC(C)C3. The highest BCUT2D eigenvalue weighted by molar-refractivity contribution is 7.19. The van der Waals surface area contributed by atoms with Crippen molar-refractivity contribution in [1.82, 2.24) is 9.97 Å². The van der Waals surface area contributed by atoms with Gasteiger partial charge < -0.3 is 10.1 Å². The number of nitrogens with one attached hydrogen (secondary N) is 1. The van der Waals surface area contributed by atoms with Gasteiger partial charge in [-0.25, -0.2) is 14.8 Å². The summed E-state index contributed by atoms with van der Waals surface area (Å²) in [6, 6.07) is 7.32. The summed E-state index contributed by atoms with van der Waals surface area (Å²) in [6.07, 6.45) is 4.93. The van der Waals surface area contributed by atoms with Crippen molar-refractivity contribution in [2.75, 3.05) is 12.4 Å². The largest absolute Gasteiger partial charge is 0.465 e. The number of esters is 1. The predicted octanol–water partition coefficient (Wildman–Crippen LogP) is 4.35. The van der Waals surface area contributed by atoms with Gasteiger partial charge in [0.25, 0.3) is 0 Å². The summed E-state index contributed by atoms with van der Waals surface area (Å²) in [6.45, 7) is 2.30. The van der Waals surface area contributed by atoms with Crippen molar-refractivity contribution in [3.8, 4) is 0 Å². The van der Waals surface area contributed by atoms with Crippen LogP contribution in [0.4, 0.5) is 11.5 Å². The number of anilines is 2. The highest BCUT2D eigenvalue weighted by atomic mass is 32.1. The molecule has 4 rings (SSSR count). The number of benzene rings is 1. The summed E-state index contributed by atoms with van der Waals surface area (Å²) < 4.78 is 4.88. The molecular formula is C19H19N3O2S. The third-order valence-electron chi connectivity index (χ3n) is 4.68. The number of para-hydroxylation sites is 1. The molecule has 0 amide bonds. The second-order valence-electron chi connectivity index (χ2n) is 6.42. The molecule has 1 N–H and O–H groups in total. The number of hydrogen-bond acceptors (Lipinski definition) is 6. The molecule has 1 atom stereocenters. The molecule has 6 heteroatoms. The van der Waals surface area contributed by atoms with Gasteiger partial charge in [-0.1, -0.05) is 19.1 Å². The fourth-order valence-corrected chi connectivity index (χ4v) is 4.73. The Balaban J connectivity index is 1.80. The molecule has 0 spiro atoms. The van der Waals surface area contributed by atoms with Crippen LogP contribution < -0.4 is 5.32 Å². The Morgan fingerprint density at radius 3 is 3.00 bits per heavy atom. The van der Waals surface area contributed by atoms with Gasteiger partial charge in [-0.05, 0) is 42.9 Å². The smallest absolute Gasteiger partial charge is 0.339 e. The lowest BCUT2D eigenvalue weighted by molar-refractivity contribution is 0.0602. The molecule has 2 aromatic heterocycles. The predicted molar refractivity (Wildman–Crippen MR) is 99.7 cm³/mol. The Labute approximate surface area is 150 Å². The molecule has 3 aromatic rings. The van der Waals surface area contributed by atoms with Crippen LogP contribution in [0.25, 0.3) is 10.2 Å². The van der Waals surface area contributed by atoms with Crippen molar-refractivity contribution in [1.29, 1.82) is 0 Å². The Hall–Kier alpha value is -2.47. The van der Waals surface area contributed by atoms with Crippen molar-refractivity contribution in [2.45, 2.75) is 26.2 Å². The number of thiophene rings is 1. The minimum Gasteiger partial charge on any atom is -0.465 e. The van der Waals surface area contributed by atoms with E-state index in [2.05, 4.69) is 22.2 Å². The van der Waals surface area contributed by atoms with Crippen LogP contribution in [0, 0.1) is 5.92 Å². The van der Waals surface area contributed by atoms with Crippen LogP contribution >= 0.6 is 11.3 Å². The molecule has 1 unspecified atom stereocenters. The molecule has 128 valence electrons. The number of ether oxygens (including phenoxy) is 1. The minimum absolute atomic E-state index is 0.366. The van der Waals surface area contributed by atoms with E-state index in [9.17, 15) is 4.79 Å². The van der Waals surface area contributed by atoms with Crippen LogP contribution in [-0.2, 0) is 17.6 Å². The first-order valence-corrected chi connectivity index (χ1v) is 9.18.